The van der Waals surface area contributed by atoms with Crippen molar-refractivity contribution in [1.82, 2.24) is 14.5 Å². The Morgan fingerprint density at radius 2 is 1.86 bits per heavy atom. The number of rotatable bonds is 3. The molecule has 4 rings (SSSR count). The number of nitrogen functional groups attached to an aromatic ring is 1. The molecule has 29 heavy (non-hydrogen) atoms. The maximum absolute atomic E-state index is 12.5. The van der Waals surface area contributed by atoms with Gasteiger partial charge in [-0.1, -0.05) is 11.6 Å². The summed E-state index contributed by atoms with van der Waals surface area (Å²) in [4.78, 5) is 32.7. The smallest absolute Gasteiger partial charge is 0.255 e. The lowest BCUT2D eigenvalue weighted by Gasteiger charge is -2.12. The summed E-state index contributed by atoms with van der Waals surface area (Å²) in [5.74, 6) is -0.0854. The van der Waals surface area contributed by atoms with Gasteiger partial charge in [0.25, 0.3) is 5.91 Å². The van der Waals surface area contributed by atoms with E-state index in [1.165, 1.54) is 12.4 Å². The molecule has 3 N–H and O–H groups in total. The predicted molar refractivity (Wildman–Crippen MR) is 114 cm³/mol. The number of nitrogens with one attached hydrogen (secondary N) is 1. The Hall–Kier alpha value is -3.71. The molecule has 4 aromatic rings. The number of carbonyl (C=O) groups is 1. The van der Waals surface area contributed by atoms with Crippen molar-refractivity contribution in [3.05, 3.63) is 87.4 Å². The van der Waals surface area contributed by atoms with Gasteiger partial charge in [0.05, 0.1) is 0 Å². The minimum atomic E-state index is -0.239. The van der Waals surface area contributed by atoms with Gasteiger partial charge in [0.15, 0.2) is 11.1 Å². The molecule has 2 aromatic heterocycles. The van der Waals surface area contributed by atoms with E-state index in [1.807, 2.05) is 19.1 Å². The van der Waals surface area contributed by atoms with Crippen molar-refractivity contribution in [2.75, 3.05) is 11.1 Å². The second-order valence-corrected chi connectivity index (χ2v) is 6.90. The second-order valence-electron chi connectivity index (χ2n) is 6.47. The van der Waals surface area contributed by atoms with Crippen LogP contribution in [0.4, 0.5) is 11.5 Å². The molecule has 1 amide bonds. The highest BCUT2D eigenvalue weighted by atomic mass is 35.5. The van der Waals surface area contributed by atoms with Crippen molar-refractivity contribution >= 4 is 40.0 Å². The summed E-state index contributed by atoms with van der Waals surface area (Å²) >= 11 is 5.95. The Balaban J connectivity index is 1.64. The van der Waals surface area contributed by atoms with E-state index in [4.69, 9.17) is 17.3 Å². The molecule has 2 aromatic carbocycles. The second kappa shape index (κ2) is 7.37. The molecule has 0 fully saturated rings. The Kier molecular flexibility index (Phi) is 4.74. The summed E-state index contributed by atoms with van der Waals surface area (Å²) in [5, 5.41) is 3.72. The van der Waals surface area contributed by atoms with E-state index in [0.717, 1.165) is 11.3 Å². The first-order valence-electron chi connectivity index (χ1n) is 8.74. The van der Waals surface area contributed by atoms with Crippen LogP contribution in [-0.2, 0) is 0 Å². The van der Waals surface area contributed by atoms with Gasteiger partial charge >= 0.3 is 0 Å². The summed E-state index contributed by atoms with van der Waals surface area (Å²) in [5.41, 5.74) is 8.75. The molecule has 2 heterocycles. The average Bonchev–Trinajstić information content (AvgIpc) is 2.69. The third-order valence-electron chi connectivity index (χ3n) is 4.54. The lowest BCUT2D eigenvalue weighted by Crippen LogP contribution is -2.13. The number of fused-ring (bicyclic) bond motifs is 1. The van der Waals surface area contributed by atoms with Crippen LogP contribution in [0, 0.1) is 6.92 Å². The van der Waals surface area contributed by atoms with Crippen LogP contribution in [-0.4, -0.2) is 20.4 Å². The molecule has 0 aliphatic carbocycles. The quantitative estimate of drug-likeness (QED) is 0.542. The predicted octanol–water partition coefficient (Wildman–Crippen LogP) is 3.58. The van der Waals surface area contributed by atoms with E-state index in [9.17, 15) is 9.59 Å². The van der Waals surface area contributed by atoms with Crippen LogP contribution in [0.1, 0.15) is 15.9 Å². The standard InChI is InChI=1S/C21H16ClN5O2/c1-12-10-13(22)2-7-16(12)21(29)26-14-3-5-15(6-4-14)27-9-8-17(28)18-19(23)24-11-25-20(18)27/h2-11H,1H3,(H,26,29)(H2,23,24,25). The monoisotopic (exact) mass is 405 g/mol. The minimum absolute atomic E-state index is 0.136. The number of hydrogen-bond acceptors (Lipinski definition) is 5. The van der Waals surface area contributed by atoms with Crippen molar-refractivity contribution < 1.29 is 4.79 Å². The van der Waals surface area contributed by atoms with Crippen molar-refractivity contribution in [3.63, 3.8) is 0 Å². The first kappa shape index (κ1) is 18.6. The number of amides is 1. The highest BCUT2D eigenvalue weighted by Crippen LogP contribution is 2.20. The maximum Gasteiger partial charge on any atom is 0.255 e. The normalized spacial score (nSPS) is 10.8. The van der Waals surface area contributed by atoms with Gasteiger partial charge in [0.2, 0.25) is 0 Å². The molecule has 0 atom stereocenters. The van der Waals surface area contributed by atoms with Crippen LogP contribution in [0.3, 0.4) is 0 Å². The van der Waals surface area contributed by atoms with E-state index in [-0.39, 0.29) is 22.5 Å². The van der Waals surface area contributed by atoms with Crippen molar-refractivity contribution in [2.45, 2.75) is 6.92 Å². The molecule has 0 aliphatic rings. The van der Waals surface area contributed by atoms with Gasteiger partial charge in [-0.2, -0.15) is 0 Å². The van der Waals surface area contributed by atoms with E-state index in [0.29, 0.717) is 21.9 Å². The third kappa shape index (κ3) is 3.55. The Labute approximate surface area is 170 Å². The zero-order chi connectivity index (χ0) is 20.5. The molecule has 0 unspecified atom stereocenters. The number of aryl methyl sites for hydroxylation is 1. The Bertz CT molecular complexity index is 1300. The minimum Gasteiger partial charge on any atom is -0.383 e. The topological polar surface area (TPSA) is 103 Å². The highest BCUT2D eigenvalue weighted by molar-refractivity contribution is 6.30. The molecular formula is C21H16ClN5O2. The number of halogens is 1. The summed E-state index contributed by atoms with van der Waals surface area (Å²) in [7, 11) is 0. The van der Waals surface area contributed by atoms with E-state index >= 15 is 0 Å². The van der Waals surface area contributed by atoms with Crippen molar-refractivity contribution in [2.24, 2.45) is 0 Å². The molecule has 144 valence electrons. The SMILES string of the molecule is Cc1cc(Cl)ccc1C(=O)Nc1ccc(-n2ccc(=O)c3c(N)ncnc32)cc1. The zero-order valence-corrected chi connectivity index (χ0v) is 16.1. The van der Waals surface area contributed by atoms with Gasteiger partial charge in [-0.3, -0.25) is 9.59 Å². The number of benzene rings is 2. The van der Waals surface area contributed by atoms with E-state index < -0.39 is 0 Å². The van der Waals surface area contributed by atoms with Crippen LogP contribution in [0.2, 0.25) is 5.02 Å². The van der Waals surface area contributed by atoms with Gasteiger partial charge in [-0.05, 0) is 55.0 Å². The maximum atomic E-state index is 12.5. The number of hydrogen-bond donors (Lipinski definition) is 2. The molecule has 7 nitrogen and oxygen atoms in total. The van der Waals surface area contributed by atoms with Gasteiger partial charge in [-0.25, -0.2) is 9.97 Å². The van der Waals surface area contributed by atoms with Gasteiger partial charge in [0.1, 0.15) is 17.5 Å². The highest BCUT2D eigenvalue weighted by Gasteiger charge is 2.12. The third-order valence-corrected chi connectivity index (χ3v) is 4.78. The van der Waals surface area contributed by atoms with E-state index in [1.54, 1.807) is 41.1 Å². The Morgan fingerprint density at radius 3 is 2.59 bits per heavy atom. The average molecular weight is 406 g/mol. The van der Waals surface area contributed by atoms with Crippen molar-refractivity contribution in [3.8, 4) is 5.69 Å². The number of aromatic nitrogens is 3. The number of anilines is 2. The number of carbonyl (C=O) groups excluding carboxylic acids is 1. The van der Waals surface area contributed by atoms with Crippen LogP contribution in [0.5, 0.6) is 0 Å². The number of pyridine rings is 1. The van der Waals surface area contributed by atoms with Gasteiger partial charge in [0, 0.05) is 34.2 Å². The number of nitrogens with zero attached hydrogens (tertiary/aromatic N) is 3. The molecule has 0 bridgehead atoms. The first-order valence-corrected chi connectivity index (χ1v) is 9.11. The van der Waals surface area contributed by atoms with Gasteiger partial charge in [-0.15, -0.1) is 0 Å². The van der Waals surface area contributed by atoms with Crippen LogP contribution in [0.15, 0.2) is 65.8 Å². The molecule has 0 saturated heterocycles. The van der Waals surface area contributed by atoms with Crippen LogP contribution < -0.4 is 16.5 Å². The fourth-order valence-electron chi connectivity index (χ4n) is 3.10. The Morgan fingerprint density at radius 1 is 1.10 bits per heavy atom. The largest absolute Gasteiger partial charge is 0.383 e. The fourth-order valence-corrected chi connectivity index (χ4v) is 3.33. The lowest BCUT2D eigenvalue weighted by atomic mass is 10.1. The summed E-state index contributed by atoms with van der Waals surface area (Å²) < 4.78 is 1.74. The first-order chi connectivity index (χ1) is 13.9. The lowest BCUT2D eigenvalue weighted by molar-refractivity contribution is 0.102. The van der Waals surface area contributed by atoms with E-state index in [2.05, 4.69) is 15.3 Å². The molecule has 0 aliphatic heterocycles. The fraction of sp³-hybridized carbons (Fsp3) is 0.0476. The van der Waals surface area contributed by atoms with Crippen molar-refractivity contribution in [1.29, 1.82) is 0 Å². The molecule has 8 heteroatoms. The summed E-state index contributed by atoms with van der Waals surface area (Å²) in [6, 6.07) is 13.7. The van der Waals surface area contributed by atoms with Crippen LogP contribution >= 0.6 is 11.6 Å². The molecular weight excluding hydrogens is 390 g/mol. The van der Waals surface area contributed by atoms with Crippen LogP contribution in [0.25, 0.3) is 16.7 Å². The number of nitrogens with two attached hydrogens (primary N) is 1. The summed E-state index contributed by atoms with van der Waals surface area (Å²) in [6.45, 7) is 1.83. The summed E-state index contributed by atoms with van der Waals surface area (Å²) in [6.07, 6.45) is 2.94. The molecule has 0 radical (unpaired) electrons. The molecule has 0 spiro atoms. The zero-order valence-electron chi connectivity index (χ0n) is 15.4. The molecule has 0 saturated carbocycles. The van der Waals surface area contributed by atoms with Gasteiger partial charge < -0.3 is 15.6 Å².